The van der Waals surface area contributed by atoms with Gasteiger partial charge in [-0.1, -0.05) is 33.6 Å². The first-order valence-corrected chi connectivity index (χ1v) is 6.98. The summed E-state index contributed by atoms with van der Waals surface area (Å²) in [5.74, 6) is 0.864. The van der Waals surface area contributed by atoms with Crippen LogP contribution in [-0.4, -0.2) is 35.1 Å². The lowest BCUT2D eigenvalue weighted by Crippen LogP contribution is -2.41. The highest BCUT2D eigenvalue weighted by Gasteiger charge is 2.27. The Balaban J connectivity index is 2.48. The van der Waals surface area contributed by atoms with Gasteiger partial charge in [0, 0.05) is 6.04 Å². The summed E-state index contributed by atoms with van der Waals surface area (Å²) in [6.07, 6.45) is 6.26. The molecule has 0 saturated heterocycles. The van der Waals surface area contributed by atoms with Crippen molar-refractivity contribution < 1.29 is 9.90 Å². The summed E-state index contributed by atoms with van der Waals surface area (Å²) >= 11 is 0. The summed E-state index contributed by atoms with van der Waals surface area (Å²) in [5, 5.41) is 8.92. The standard InChI is InChI=1S/C14H27NO2/c1-4-15(10-14(16)17)13-7-5-6-12(9-13)8-11(2)3/h11-13H,4-10H2,1-3H3,(H,16,17). The summed E-state index contributed by atoms with van der Waals surface area (Å²) in [6.45, 7) is 7.67. The van der Waals surface area contributed by atoms with Gasteiger partial charge in [-0.05, 0) is 37.6 Å². The van der Waals surface area contributed by atoms with Gasteiger partial charge >= 0.3 is 5.97 Å². The van der Waals surface area contributed by atoms with Crippen LogP contribution in [0, 0.1) is 11.8 Å². The minimum Gasteiger partial charge on any atom is -0.480 e. The van der Waals surface area contributed by atoms with Gasteiger partial charge in [-0.15, -0.1) is 0 Å². The third-order valence-electron chi connectivity index (χ3n) is 3.82. The summed E-state index contributed by atoms with van der Waals surface area (Å²) in [6, 6.07) is 0.494. The van der Waals surface area contributed by atoms with Crippen LogP contribution in [-0.2, 0) is 4.79 Å². The average Bonchev–Trinajstić information content (AvgIpc) is 2.25. The van der Waals surface area contributed by atoms with E-state index in [1.54, 1.807) is 0 Å². The van der Waals surface area contributed by atoms with Crippen molar-refractivity contribution in [1.29, 1.82) is 0 Å². The van der Waals surface area contributed by atoms with E-state index in [-0.39, 0.29) is 6.54 Å². The van der Waals surface area contributed by atoms with E-state index in [1.807, 2.05) is 0 Å². The van der Waals surface area contributed by atoms with E-state index in [0.29, 0.717) is 6.04 Å². The molecule has 0 spiro atoms. The molecule has 1 aliphatic rings. The minimum absolute atomic E-state index is 0.204. The van der Waals surface area contributed by atoms with Crippen molar-refractivity contribution in [3.8, 4) is 0 Å². The van der Waals surface area contributed by atoms with E-state index in [0.717, 1.165) is 18.4 Å². The first-order valence-electron chi connectivity index (χ1n) is 6.98. The van der Waals surface area contributed by atoms with Crippen molar-refractivity contribution in [2.24, 2.45) is 11.8 Å². The Labute approximate surface area is 105 Å². The highest BCUT2D eigenvalue weighted by atomic mass is 16.4. The molecule has 100 valence electrons. The van der Waals surface area contributed by atoms with Gasteiger partial charge in [0.05, 0.1) is 6.54 Å². The van der Waals surface area contributed by atoms with Crippen LogP contribution in [0.1, 0.15) is 52.9 Å². The number of carboxylic acids is 1. The summed E-state index contributed by atoms with van der Waals surface area (Å²) in [4.78, 5) is 13.0. The molecule has 2 atom stereocenters. The first-order chi connectivity index (χ1) is 8.02. The second kappa shape index (κ2) is 7.00. The number of carbonyl (C=O) groups is 1. The zero-order valence-corrected chi connectivity index (χ0v) is 11.5. The van der Waals surface area contributed by atoms with Gasteiger partial charge in [0.1, 0.15) is 0 Å². The number of nitrogens with zero attached hydrogens (tertiary/aromatic N) is 1. The average molecular weight is 241 g/mol. The molecule has 0 radical (unpaired) electrons. The highest BCUT2D eigenvalue weighted by molar-refractivity contribution is 5.69. The van der Waals surface area contributed by atoms with Crippen LogP contribution in [0.5, 0.6) is 0 Å². The Morgan fingerprint density at radius 2 is 2.12 bits per heavy atom. The van der Waals surface area contributed by atoms with Crippen LogP contribution in [0.3, 0.4) is 0 Å². The van der Waals surface area contributed by atoms with Crippen molar-refractivity contribution in [3.05, 3.63) is 0 Å². The molecule has 1 rings (SSSR count). The van der Waals surface area contributed by atoms with Gasteiger partial charge in [-0.2, -0.15) is 0 Å². The molecule has 1 fully saturated rings. The molecule has 17 heavy (non-hydrogen) atoms. The number of likely N-dealkylation sites (N-methyl/N-ethyl adjacent to an activating group) is 1. The van der Waals surface area contributed by atoms with Crippen LogP contribution < -0.4 is 0 Å². The molecule has 0 aromatic carbocycles. The predicted octanol–water partition coefficient (Wildman–Crippen LogP) is 3.00. The monoisotopic (exact) mass is 241 g/mol. The van der Waals surface area contributed by atoms with E-state index in [2.05, 4.69) is 25.7 Å². The second-order valence-electron chi connectivity index (χ2n) is 5.77. The number of rotatable bonds is 6. The Bertz CT molecular complexity index is 240. The van der Waals surface area contributed by atoms with E-state index in [4.69, 9.17) is 5.11 Å². The van der Waals surface area contributed by atoms with Crippen molar-refractivity contribution in [2.75, 3.05) is 13.1 Å². The molecule has 0 bridgehead atoms. The summed E-state index contributed by atoms with van der Waals surface area (Å²) < 4.78 is 0. The lowest BCUT2D eigenvalue weighted by atomic mass is 9.80. The molecular formula is C14H27NO2. The Morgan fingerprint density at radius 3 is 2.65 bits per heavy atom. The van der Waals surface area contributed by atoms with Crippen LogP contribution in [0.4, 0.5) is 0 Å². The number of hydrogen-bond donors (Lipinski definition) is 1. The molecule has 0 amide bonds. The molecule has 3 heteroatoms. The number of hydrogen-bond acceptors (Lipinski definition) is 2. The molecule has 0 aliphatic heterocycles. The second-order valence-corrected chi connectivity index (χ2v) is 5.77. The van der Waals surface area contributed by atoms with Crippen LogP contribution in [0.15, 0.2) is 0 Å². The fraction of sp³-hybridized carbons (Fsp3) is 0.929. The molecule has 3 nitrogen and oxygen atoms in total. The predicted molar refractivity (Wildman–Crippen MR) is 70.1 cm³/mol. The Kier molecular flexibility index (Phi) is 5.96. The Hall–Kier alpha value is -0.570. The molecular weight excluding hydrogens is 214 g/mol. The number of aliphatic carboxylic acids is 1. The van der Waals surface area contributed by atoms with Gasteiger partial charge < -0.3 is 5.11 Å². The van der Waals surface area contributed by atoms with Crippen LogP contribution in [0.2, 0.25) is 0 Å². The van der Waals surface area contributed by atoms with Crippen molar-refractivity contribution in [3.63, 3.8) is 0 Å². The van der Waals surface area contributed by atoms with Gasteiger partial charge in [-0.3, -0.25) is 9.69 Å². The van der Waals surface area contributed by atoms with Crippen molar-refractivity contribution in [1.82, 2.24) is 4.90 Å². The maximum absolute atomic E-state index is 10.8. The van der Waals surface area contributed by atoms with Crippen molar-refractivity contribution in [2.45, 2.75) is 58.9 Å². The molecule has 0 aromatic rings. The van der Waals surface area contributed by atoms with Crippen LogP contribution in [0.25, 0.3) is 0 Å². The molecule has 0 heterocycles. The topological polar surface area (TPSA) is 40.5 Å². The Morgan fingerprint density at radius 1 is 1.41 bits per heavy atom. The molecule has 1 saturated carbocycles. The first kappa shape index (κ1) is 14.5. The quantitative estimate of drug-likeness (QED) is 0.777. The lowest BCUT2D eigenvalue weighted by Gasteiger charge is -2.36. The summed E-state index contributed by atoms with van der Waals surface area (Å²) in [7, 11) is 0. The van der Waals surface area contributed by atoms with Gasteiger partial charge in [0.25, 0.3) is 0 Å². The summed E-state index contributed by atoms with van der Waals surface area (Å²) in [5.41, 5.74) is 0. The fourth-order valence-corrected chi connectivity index (χ4v) is 3.15. The smallest absolute Gasteiger partial charge is 0.317 e. The van der Waals surface area contributed by atoms with E-state index in [9.17, 15) is 4.79 Å². The van der Waals surface area contributed by atoms with Gasteiger partial charge in [0.15, 0.2) is 0 Å². The van der Waals surface area contributed by atoms with E-state index < -0.39 is 5.97 Å². The fourth-order valence-electron chi connectivity index (χ4n) is 3.15. The molecule has 2 unspecified atom stereocenters. The maximum atomic E-state index is 10.8. The molecule has 0 aromatic heterocycles. The normalized spacial score (nSPS) is 25.5. The largest absolute Gasteiger partial charge is 0.480 e. The lowest BCUT2D eigenvalue weighted by molar-refractivity contribution is -0.139. The van der Waals surface area contributed by atoms with Crippen LogP contribution >= 0.6 is 0 Å². The van der Waals surface area contributed by atoms with E-state index in [1.165, 1.54) is 32.1 Å². The minimum atomic E-state index is -0.696. The zero-order chi connectivity index (χ0) is 12.8. The number of carboxylic acid groups (broad SMARTS) is 1. The third-order valence-corrected chi connectivity index (χ3v) is 3.82. The molecule has 1 aliphatic carbocycles. The maximum Gasteiger partial charge on any atom is 0.317 e. The van der Waals surface area contributed by atoms with Gasteiger partial charge in [-0.25, -0.2) is 0 Å². The highest BCUT2D eigenvalue weighted by Crippen LogP contribution is 2.31. The zero-order valence-electron chi connectivity index (χ0n) is 11.5. The molecule has 1 N–H and O–H groups in total. The third kappa shape index (κ3) is 5.07. The van der Waals surface area contributed by atoms with E-state index >= 15 is 0 Å². The van der Waals surface area contributed by atoms with Crippen molar-refractivity contribution >= 4 is 5.97 Å². The SMILES string of the molecule is CCN(CC(=O)O)C1CCCC(CC(C)C)C1. The van der Waals surface area contributed by atoms with Gasteiger partial charge in [0.2, 0.25) is 0 Å².